The first kappa shape index (κ1) is 12.8. The second-order valence-corrected chi connectivity index (χ2v) is 5.41. The SMILES string of the molecule is c1ccc(CC2=Nc3ccccc3-c3ccccc3N2)cc1. The van der Waals surface area contributed by atoms with Crippen LogP contribution in [-0.4, -0.2) is 5.84 Å². The number of anilines is 1. The van der Waals surface area contributed by atoms with Crippen molar-refractivity contribution in [2.24, 2.45) is 4.99 Å². The molecule has 22 heavy (non-hydrogen) atoms. The lowest BCUT2D eigenvalue weighted by Crippen LogP contribution is -2.14. The molecule has 0 aromatic heterocycles. The molecule has 0 saturated heterocycles. The topological polar surface area (TPSA) is 24.4 Å². The number of aliphatic imine (C=N–C) groups is 1. The van der Waals surface area contributed by atoms with Crippen LogP contribution in [0.4, 0.5) is 11.4 Å². The summed E-state index contributed by atoms with van der Waals surface area (Å²) in [6.45, 7) is 0. The normalized spacial score (nSPS) is 12.5. The van der Waals surface area contributed by atoms with Gasteiger partial charge in [-0.1, -0.05) is 66.7 Å². The van der Waals surface area contributed by atoms with E-state index < -0.39 is 0 Å². The molecule has 1 aliphatic rings. The largest absolute Gasteiger partial charge is 0.343 e. The van der Waals surface area contributed by atoms with Gasteiger partial charge in [-0.3, -0.25) is 0 Å². The van der Waals surface area contributed by atoms with E-state index in [2.05, 4.69) is 72.0 Å². The Hall–Kier alpha value is -2.87. The fourth-order valence-corrected chi connectivity index (χ4v) is 2.83. The third-order valence-electron chi connectivity index (χ3n) is 3.87. The van der Waals surface area contributed by atoms with Crippen molar-refractivity contribution in [1.82, 2.24) is 0 Å². The Morgan fingerprint density at radius 2 is 1.36 bits per heavy atom. The lowest BCUT2D eigenvalue weighted by atomic mass is 10.0. The number of rotatable bonds is 2. The molecule has 0 aliphatic carbocycles. The van der Waals surface area contributed by atoms with Crippen LogP contribution in [0.1, 0.15) is 5.56 Å². The highest BCUT2D eigenvalue weighted by atomic mass is 15.0. The second kappa shape index (κ2) is 5.49. The molecular formula is C20H16N2. The van der Waals surface area contributed by atoms with Crippen LogP contribution in [0.5, 0.6) is 0 Å². The molecule has 1 aliphatic heterocycles. The maximum Gasteiger partial charge on any atom is 0.111 e. The van der Waals surface area contributed by atoms with E-state index in [1.165, 1.54) is 16.7 Å². The van der Waals surface area contributed by atoms with Crippen LogP contribution in [0.25, 0.3) is 11.1 Å². The number of para-hydroxylation sites is 2. The first-order chi connectivity index (χ1) is 10.9. The lowest BCUT2D eigenvalue weighted by Gasteiger charge is -2.10. The van der Waals surface area contributed by atoms with Crippen LogP contribution >= 0.6 is 0 Å². The van der Waals surface area contributed by atoms with E-state index in [4.69, 9.17) is 4.99 Å². The van der Waals surface area contributed by atoms with E-state index in [0.717, 1.165) is 23.6 Å². The van der Waals surface area contributed by atoms with E-state index in [-0.39, 0.29) is 0 Å². The summed E-state index contributed by atoms with van der Waals surface area (Å²) in [5, 5.41) is 3.50. The highest BCUT2D eigenvalue weighted by molar-refractivity contribution is 6.05. The highest BCUT2D eigenvalue weighted by Crippen LogP contribution is 2.37. The monoisotopic (exact) mass is 284 g/mol. The fourth-order valence-electron chi connectivity index (χ4n) is 2.83. The van der Waals surface area contributed by atoms with Gasteiger partial charge in [0.15, 0.2) is 0 Å². The molecule has 0 spiro atoms. The smallest absolute Gasteiger partial charge is 0.111 e. The van der Waals surface area contributed by atoms with Crippen LogP contribution in [0.15, 0.2) is 83.9 Å². The third kappa shape index (κ3) is 2.40. The molecule has 0 saturated carbocycles. The van der Waals surface area contributed by atoms with E-state index >= 15 is 0 Å². The van der Waals surface area contributed by atoms with Crippen LogP contribution in [0.2, 0.25) is 0 Å². The number of amidine groups is 1. The van der Waals surface area contributed by atoms with Gasteiger partial charge in [-0.25, -0.2) is 4.99 Å². The van der Waals surface area contributed by atoms with Gasteiger partial charge >= 0.3 is 0 Å². The number of hydrogen-bond donors (Lipinski definition) is 1. The van der Waals surface area contributed by atoms with Gasteiger partial charge in [-0.2, -0.15) is 0 Å². The number of nitrogens with zero attached hydrogens (tertiary/aromatic N) is 1. The average Bonchev–Trinajstić information content (AvgIpc) is 2.72. The van der Waals surface area contributed by atoms with Crippen molar-refractivity contribution < 1.29 is 0 Å². The zero-order chi connectivity index (χ0) is 14.8. The van der Waals surface area contributed by atoms with E-state index in [0.29, 0.717) is 0 Å². The molecular weight excluding hydrogens is 268 g/mol. The second-order valence-electron chi connectivity index (χ2n) is 5.41. The van der Waals surface area contributed by atoms with Gasteiger partial charge in [0, 0.05) is 23.2 Å². The van der Waals surface area contributed by atoms with Crippen molar-refractivity contribution in [2.45, 2.75) is 6.42 Å². The molecule has 4 rings (SSSR count). The minimum atomic E-state index is 0.795. The molecule has 0 unspecified atom stereocenters. The Bertz CT molecular complexity index is 835. The zero-order valence-corrected chi connectivity index (χ0v) is 12.2. The van der Waals surface area contributed by atoms with Gasteiger partial charge in [0.2, 0.25) is 0 Å². The van der Waals surface area contributed by atoms with Crippen molar-refractivity contribution in [2.75, 3.05) is 5.32 Å². The van der Waals surface area contributed by atoms with Gasteiger partial charge in [-0.05, 0) is 17.7 Å². The molecule has 0 bridgehead atoms. The summed E-state index contributed by atoms with van der Waals surface area (Å²) in [5.74, 6) is 0.976. The average molecular weight is 284 g/mol. The van der Waals surface area contributed by atoms with Crippen molar-refractivity contribution in [3.63, 3.8) is 0 Å². The molecule has 106 valence electrons. The first-order valence-electron chi connectivity index (χ1n) is 7.47. The lowest BCUT2D eigenvalue weighted by molar-refractivity contribution is 1.30. The fraction of sp³-hybridized carbons (Fsp3) is 0.0500. The van der Waals surface area contributed by atoms with Gasteiger partial charge in [0.25, 0.3) is 0 Å². The van der Waals surface area contributed by atoms with Crippen LogP contribution in [0.3, 0.4) is 0 Å². The quantitative estimate of drug-likeness (QED) is 0.699. The van der Waals surface area contributed by atoms with Gasteiger partial charge in [-0.15, -0.1) is 0 Å². The van der Waals surface area contributed by atoms with Crippen LogP contribution in [-0.2, 0) is 6.42 Å². The summed E-state index contributed by atoms with van der Waals surface area (Å²) in [4.78, 5) is 4.85. The Labute approximate surface area is 130 Å². The minimum Gasteiger partial charge on any atom is -0.343 e. The zero-order valence-electron chi connectivity index (χ0n) is 12.2. The summed E-state index contributed by atoms with van der Waals surface area (Å²) in [5.41, 5.74) is 5.76. The van der Waals surface area contributed by atoms with E-state index in [1.54, 1.807) is 0 Å². The number of nitrogens with one attached hydrogen (secondary N) is 1. The van der Waals surface area contributed by atoms with E-state index in [9.17, 15) is 0 Å². The Balaban J connectivity index is 1.81. The van der Waals surface area contributed by atoms with Crippen molar-refractivity contribution in [3.05, 3.63) is 84.4 Å². The molecule has 0 amide bonds. The van der Waals surface area contributed by atoms with Crippen LogP contribution in [0, 0.1) is 0 Å². The molecule has 3 aromatic rings. The highest BCUT2D eigenvalue weighted by Gasteiger charge is 2.15. The summed E-state index contributed by atoms with van der Waals surface area (Å²) in [6.07, 6.45) is 0.795. The van der Waals surface area contributed by atoms with Crippen molar-refractivity contribution >= 4 is 17.2 Å². The molecule has 0 fully saturated rings. The van der Waals surface area contributed by atoms with Gasteiger partial charge < -0.3 is 5.32 Å². The number of hydrogen-bond acceptors (Lipinski definition) is 2. The predicted octanol–water partition coefficient (Wildman–Crippen LogP) is 5.05. The van der Waals surface area contributed by atoms with Crippen molar-refractivity contribution in [3.8, 4) is 11.1 Å². The minimum absolute atomic E-state index is 0.795. The molecule has 2 heteroatoms. The summed E-state index contributed by atoms with van der Waals surface area (Å²) < 4.78 is 0. The maximum atomic E-state index is 4.85. The third-order valence-corrected chi connectivity index (χ3v) is 3.87. The Kier molecular flexibility index (Phi) is 3.20. The summed E-state index contributed by atoms with van der Waals surface area (Å²) >= 11 is 0. The van der Waals surface area contributed by atoms with Crippen molar-refractivity contribution in [1.29, 1.82) is 0 Å². The Morgan fingerprint density at radius 1 is 0.682 bits per heavy atom. The number of benzene rings is 3. The van der Waals surface area contributed by atoms with Gasteiger partial charge in [0.05, 0.1) is 5.69 Å². The molecule has 1 heterocycles. The standard InChI is InChI=1S/C20H16N2/c1-2-8-15(9-3-1)14-20-21-18-12-6-4-10-16(18)17-11-5-7-13-19(17)22-20/h1-13H,14H2,(H,21,22). The van der Waals surface area contributed by atoms with Gasteiger partial charge in [0.1, 0.15) is 5.84 Å². The Morgan fingerprint density at radius 3 is 2.23 bits per heavy atom. The summed E-state index contributed by atoms with van der Waals surface area (Å²) in [6, 6.07) is 27.1. The molecule has 0 radical (unpaired) electrons. The summed E-state index contributed by atoms with van der Waals surface area (Å²) in [7, 11) is 0. The molecule has 0 atom stereocenters. The predicted molar refractivity (Wildman–Crippen MR) is 92.7 cm³/mol. The first-order valence-corrected chi connectivity index (χ1v) is 7.47. The molecule has 2 nitrogen and oxygen atoms in total. The maximum absolute atomic E-state index is 4.85. The van der Waals surface area contributed by atoms with E-state index in [1.807, 2.05) is 12.1 Å². The van der Waals surface area contributed by atoms with Crippen LogP contribution < -0.4 is 5.32 Å². The molecule has 3 aromatic carbocycles. The molecule has 1 N–H and O–H groups in total. The number of fused-ring (bicyclic) bond motifs is 3.